The molecule has 0 unspecified atom stereocenters. The summed E-state index contributed by atoms with van der Waals surface area (Å²) in [5, 5.41) is 5.91. The summed E-state index contributed by atoms with van der Waals surface area (Å²) in [6.07, 6.45) is -9.76. The van der Waals surface area contributed by atoms with Gasteiger partial charge in [0, 0.05) is 5.69 Å². The summed E-state index contributed by atoms with van der Waals surface area (Å²) in [5.41, 5.74) is -4.73. The van der Waals surface area contributed by atoms with Crippen LogP contribution in [0.15, 0.2) is 66.7 Å². The van der Waals surface area contributed by atoms with Crippen LogP contribution in [0.2, 0.25) is 0 Å². The molecule has 3 aromatic carbocycles. The molecule has 0 aliphatic heterocycles. The van der Waals surface area contributed by atoms with E-state index in [0.717, 1.165) is 42.5 Å². The van der Waals surface area contributed by atoms with E-state index in [1.807, 2.05) is 16.0 Å². The van der Waals surface area contributed by atoms with Gasteiger partial charge in [0.05, 0.1) is 28.1 Å². The fraction of sp³-hybridized carbons (Fsp3) is 0.0909. The normalized spacial score (nSPS) is 11.6. The van der Waals surface area contributed by atoms with Crippen molar-refractivity contribution in [2.24, 2.45) is 0 Å². The van der Waals surface area contributed by atoms with Crippen molar-refractivity contribution in [2.75, 3.05) is 16.0 Å². The van der Waals surface area contributed by atoms with Gasteiger partial charge in [0.2, 0.25) is 0 Å². The molecule has 0 saturated heterocycles. The Morgan fingerprint density at radius 3 is 1.88 bits per heavy atom. The molecule has 0 aliphatic rings. The summed E-state index contributed by atoms with van der Waals surface area (Å²) in [6.45, 7) is 0. The predicted octanol–water partition coefficient (Wildman–Crippen LogP) is 6.76. The standard InChI is InChI=1S/C22H14F7N3O2/c23-16-7-3-1-5-13(16)19(33)31-18-10-9-12(11-15(18)22(27,28)29)30-20(34)32-17-8-4-2-6-14(17)21(24,25)26/h1-11H,(H,31,33)(H2,30,32,34). The maximum absolute atomic E-state index is 13.8. The number of benzene rings is 3. The zero-order valence-corrected chi connectivity index (χ0v) is 16.8. The van der Waals surface area contributed by atoms with Crippen molar-refractivity contribution in [1.82, 2.24) is 0 Å². The van der Waals surface area contributed by atoms with Crippen molar-refractivity contribution in [2.45, 2.75) is 12.4 Å². The number of para-hydroxylation sites is 1. The third-order valence-electron chi connectivity index (χ3n) is 4.43. The number of urea groups is 1. The Bertz CT molecular complexity index is 1220. The third-order valence-corrected chi connectivity index (χ3v) is 4.43. The number of carbonyl (C=O) groups excluding carboxylic acids is 2. The molecule has 0 aliphatic carbocycles. The molecule has 0 saturated carbocycles. The second-order valence-corrected chi connectivity index (χ2v) is 6.81. The van der Waals surface area contributed by atoms with Gasteiger partial charge in [-0.2, -0.15) is 26.3 Å². The van der Waals surface area contributed by atoms with E-state index >= 15 is 0 Å². The van der Waals surface area contributed by atoms with Crippen LogP contribution in [0.3, 0.4) is 0 Å². The zero-order chi connectivity index (χ0) is 25.1. The van der Waals surface area contributed by atoms with Crippen LogP contribution >= 0.6 is 0 Å². The summed E-state index contributed by atoms with van der Waals surface area (Å²) >= 11 is 0. The zero-order valence-electron chi connectivity index (χ0n) is 16.8. The van der Waals surface area contributed by atoms with Crippen LogP contribution in [-0.4, -0.2) is 11.9 Å². The maximum atomic E-state index is 13.8. The number of rotatable bonds is 4. The van der Waals surface area contributed by atoms with Crippen LogP contribution in [-0.2, 0) is 12.4 Å². The third kappa shape index (κ3) is 5.82. The number of amides is 3. The first-order chi connectivity index (χ1) is 15.9. The number of alkyl halides is 6. The number of hydrogen-bond acceptors (Lipinski definition) is 2. The molecule has 12 heteroatoms. The number of carbonyl (C=O) groups is 2. The molecular weight excluding hydrogens is 471 g/mol. The van der Waals surface area contributed by atoms with Gasteiger partial charge in [-0.05, 0) is 42.5 Å². The molecular formula is C22H14F7N3O2. The molecule has 0 atom stereocenters. The van der Waals surface area contributed by atoms with Gasteiger partial charge < -0.3 is 16.0 Å². The van der Waals surface area contributed by atoms with Crippen molar-refractivity contribution in [3.05, 3.63) is 89.2 Å². The van der Waals surface area contributed by atoms with Gasteiger partial charge in [0.15, 0.2) is 0 Å². The van der Waals surface area contributed by atoms with Crippen LogP contribution in [0.4, 0.5) is 52.6 Å². The lowest BCUT2D eigenvalue weighted by Crippen LogP contribution is -2.22. The fourth-order valence-corrected chi connectivity index (χ4v) is 2.92. The summed E-state index contributed by atoms with van der Waals surface area (Å²) < 4.78 is 93.6. The lowest BCUT2D eigenvalue weighted by atomic mass is 10.1. The molecule has 0 heterocycles. The number of anilines is 3. The molecule has 5 nitrogen and oxygen atoms in total. The minimum atomic E-state index is -4.99. The smallest absolute Gasteiger partial charge is 0.321 e. The SMILES string of the molecule is O=C(Nc1ccc(NC(=O)c2ccccc2F)c(C(F)(F)F)c1)Nc1ccccc1C(F)(F)F. The summed E-state index contributed by atoms with van der Waals surface area (Å²) in [7, 11) is 0. The van der Waals surface area contributed by atoms with Gasteiger partial charge in [0.25, 0.3) is 5.91 Å². The largest absolute Gasteiger partial charge is 0.418 e. The first-order valence-corrected chi connectivity index (χ1v) is 9.37. The molecule has 3 N–H and O–H groups in total. The quantitative estimate of drug-likeness (QED) is 0.358. The monoisotopic (exact) mass is 485 g/mol. The van der Waals surface area contributed by atoms with Crippen molar-refractivity contribution in [3.63, 3.8) is 0 Å². The van der Waals surface area contributed by atoms with Crippen LogP contribution in [0.5, 0.6) is 0 Å². The maximum Gasteiger partial charge on any atom is 0.418 e. The van der Waals surface area contributed by atoms with Gasteiger partial charge in [-0.3, -0.25) is 4.79 Å². The van der Waals surface area contributed by atoms with E-state index in [2.05, 4.69) is 0 Å². The average molecular weight is 485 g/mol. The molecule has 34 heavy (non-hydrogen) atoms. The Labute approximate surface area is 187 Å². The Balaban J connectivity index is 1.83. The van der Waals surface area contributed by atoms with Crippen LogP contribution < -0.4 is 16.0 Å². The topological polar surface area (TPSA) is 70.2 Å². The van der Waals surface area contributed by atoms with Gasteiger partial charge >= 0.3 is 18.4 Å². The first kappa shape index (κ1) is 24.6. The molecule has 3 rings (SSSR count). The fourth-order valence-electron chi connectivity index (χ4n) is 2.92. The first-order valence-electron chi connectivity index (χ1n) is 9.37. The van der Waals surface area contributed by atoms with Gasteiger partial charge in [0.1, 0.15) is 5.82 Å². The van der Waals surface area contributed by atoms with Crippen molar-refractivity contribution in [1.29, 1.82) is 0 Å². The summed E-state index contributed by atoms with van der Waals surface area (Å²) in [6, 6.07) is 9.77. The molecule has 178 valence electrons. The van der Waals surface area contributed by atoms with Gasteiger partial charge in [-0.15, -0.1) is 0 Å². The molecule has 3 amide bonds. The van der Waals surface area contributed by atoms with E-state index in [-0.39, 0.29) is 0 Å². The van der Waals surface area contributed by atoms with Crippen molar-refractivity contribution < 1.29 is 40.3 Å². The molecule has 0 radical (unpaired) electrons. The lowest BCUT2D eigenvalue weighted by Gasteiger charge is -2.17. The van der Waals surface area contributed by atoms with E-state index in [4.69, 9.17) is 0 Å². The van der Waals surface area contributed by atoms with E-state index in [0.29, 0.717) is 6.07 Å². The lowest BCUT2D eigenvalue weighted by molar-refractivity contribution is -0.137. The molecule has 0 bridgehead atoms. The highest BCUT2D eigenvalue weighted by molar-refractivity contribution is 6.05. The highest BCUT2D eigenvalue weighted by Gasteiger charge is 2.35. The Morgan fingerprint density at radius 2 is 1.24 bits per heavy atom. The molecule has 3 aromatic rings. The van der Waals surface area contributed by atoms with Gasteiger partial charge in [-0.1, -0.05) is 24.3 Å². The highest BCUT2D eigenvalue weighted by Crippen LogP contribution is 2.37. The Hall–Kier alpha value is -4.09. The second-order valence-electron chi connectivity index (χ2n) is 6.81. The van der Waals surface area contributed by atoms with Crippen LogP contribution in [0.25, 0.3) is 0 Å². The van der Waals surface area contributed by atoms with Crippen LogP contribution in [0.1, 0.15) is 21.5 Å². The Morgan fingerprint density at radius 1 is 0.647 bits per heavy atom. The molecule has 0 fully saturated rings. The highest BCUT2D eigenvalue weighted by atomic mass is 19.4. The second kappa shape index (κ2) is 9.41. The molecule has 0 spiro atoms. The minimum Gasteiger partial charge on any atom is -0.321 e. The number of halogens is 7. The predicted molar refractivity (Wildman–Crippen MR) is 110 cm³/mol. The summed E-state index contributed by atoms with van der Waals surface area (Å²) in [4.78, 5) is 24.3. The van der Waals surface area contributed by atoms with Crippen molar-refractivity contribution in [3.8, 4) is 0 Å². The van der Waals surface area contributed by atoms with E-state index in [1.165, 1.54) is 18.2 Å². The number of hydrogen-bond donors (Lipinski definition) is 3. The minimum absolute atomic E-state index is 0.418. The van der Waals surface area contributed by atoms with E-state index in [1.54, 1.807) is 0 Å². The van der Waals surface area contributed by atoms with E-state index < -0.39 is 63.9 Å². The average Bonchev–Trinajstić information content (AvgIpc) is 2.74. The molecule has 0 aromatic heterocycles. The summed E-state index contributed by atoms with van der Waals surface area (Å²) in [5.74, 6) is -2.08. The van der Waals surface area contributed by atoms with Gasteiger partial charge in [-0.25, -0.2) is 9.18 Å². The van der Waals surface area contributed by atoms with Crippen molar-refractivity contribution >= 4 is 29.0 Å². The van der Waals surface area contributed by atoms with E-state index in [9.17, 15) is 40.3 Å². The number of nitrogens with one attached hydrogen (secondary N) is 3. The Kier molecular flexibility index (Phi) is 6.80. The van der Waals surface area contributed by atoms with Crippen LogP contribution in [0, 0.1) is 5.82 Å².